The molecule has 2 aliphatic heterocycles. The molecular formula is C22H13N3O3. The number of amides is 2. The Kier molecular flexibility index (Phi) is 3.27. The van der Waals surface area contributed by atoms with Gasteiger partial charge in [0.2, 0.25) is 0 Å². The van der Waals surface area contributed by atoms with Crippen LogP contribution in [0.1, 0.15) is 11.1 Å². The number of imide groups is 1. The van der Waals surface area contributed by atoms with Gasteiger partial charge in [-0.3, -0.25) is 9.59 Å². The van der Waals surface area contributed by atoms with Gasteiger partial charge in [-0.25, -0.2) is 4.90 Å². The van der Waals surface area contributed by atoms with Gasteiger partial charge in [0.25, 0.3) is 11.8 Å². The molecule has 5 rings (SSSR count). The van der Waals surface area contributed by atoms with Crippen LogP contribution in [-0.4, -0.2) is 16.4 Å². The third-order valence-corrected chi connectivity index (χ3v) is 5.01. The zero-order chi connectivity index (χ0) is 19.4. The summed E-state index contributed by atoms with van der Waals surface area (Å²) in [6, 6.07) is 14.7. The number of aromatic nitrogens is 1. The highest BCUT2D eigenvalue weighted by molar-refractivity contribution is 6.44. The Morgan fingerprint density at radius 1 is 1.11 bits per heavy atom. The molecule has 28 heavy (non-hydrogen) atoms. The van der Waals surface area contributed by atoms with Gasteiger partial charge in [-0.05, 0) is 30.3 Å². The second-order valence-corrected chi connectivity index (χ2v) is 6.68. The van der Waals surface area contributed by atoms with Crippen LogP contribution < -0.4 is 4.90 Å². The first-order valence-corrected chi connectivity index (χ1v) is 8.64. The normalized spacial score (nSPS) is 14.1. The average Bonchev–Trinajstić information content (AvgIpc) is 3.37. The molecule has 0 N–H and O–H groups in total. The number of anilines is 1. The van der Waals surface area contributed by atoms with Crippen molar-refractivity contribution in [2.45, 2.75) is 0 Å². The molecule has 0 fully saturated rings. The molecule has 0 radical (unpaired) electrons. The van der Waals surface area contributed by atoms with E-state index in [2.05, 4.69) is 6.07 Å². The molecule has 6 nitrogen and oxygen atoms in total. The van der Waals surface area contributed by atoms with Gasteiger partial charge in [-0.2, -0.15) is 5.26 Å². The number of benzene rings is 1. The molecule has 1 aromatic heterocycles. The van der Waals surface area contributed by atoms with Crippen molar-refractivity contribution in [3.8, 4) is 17.4 Å². The van der Waals surface area contributed by atoms with Crippen LogP contribution in [0.15, 0.2) is 65.4 Å². The maximum atomic E-state index is 13.1. The largest absolute Gasteiger partial charge is 0.462 e. The highest BCUT2D eigenvalue weighted by atomic mass is 16.3. The third kappa shape index (κ3) is 2.20. The first-order chi connectivity index (χ1) is 13.6. The van der Waals surface area contributed by atoms with E-state index in [1.54, 1.807) is 24.4 Å². The van der Waals surface area contributed by atoms with E-state index in [1.165, 1.54) is 12.3 Å². The van der Waals surface area contributed by atoms with Crippen LogP contribution in [0.25, 0.3) is 27.8 Å². The van der Waals surface area contributed by atoms with Crippen molar-refractivity contribution in [1.29, 1.82) is 5.26 Å². The van der Waals surface area contributed by atoms with Crippen LogP contribution in [0.5, 0.6) is 0 Å². The molecular weight excluding hydrogens is 354 g/mol. The van der Waals surface area contributed by atoms with Gasteiger partial charge < -0.3 is 8.98 Å². The maximum Gasteiger partial charge on any atom is 0.266 e. The average molecular weight is 367 g/mol. The molecule has 0 bridgehead atoms. The lowest BCUT2D eigenvalue weighted by Gasteiger charge is -2.15. The number of aryl methyl sites for hydroxylation is 1. The molecule has 0 saturated carbocycles. The maximum absolute atomic E-state index is 13.1. The molecule has 2 aromatic rings. The summed E-state index contributed by atoms with van der Waals surface area (Å²) in [5.41, 5.74) is 3.50. The van der Waals surface area contributed by atoms with Crippen LogP contribution in [0.3, 0.4) is 0 Å². The van der Waals surface area contributed by atoms with E-state index in [0.717, 1.165) is 21.4 Å². The van der Waals surface area contributed by atoms with Gasteiger partial charge in [0.15, 0.2) is 0 Å². The number of carbonyl (C=O) groups is 2. The summed E-state index contributed by atoms with van der Waals surface area (Å²) in [7, 11) is 1.86. The Hall–Kier alpha value is -4.11. The lowest BCUT2D eigenvalue weighted by molar-refractivity contribution is -0.119. The van der Waals surface area contributed by atoms with Crippen molar-refractivity contribution in [2.75, 3.05) is 4.90 Å². The van der Waals surface area contributed by atoms with Gasteiger partial charge in [0.05, 0.1) is 22.9 Å². The molecule has 2 amide bonds. The van der Waals surface area contributed by atoms with Crippen LogP contribution in [0.2, 0.25) is 0 Å². The van der Waals surface area contributed by atoms with Gasteiger partial charge >= 0.3 is 0 Å². The first kappa shape index (κ1) is 16.1. The minimum atomic E-state index is -0.422. The molecule has 1 aliphatic carbocycles. The van der Waals surface area contributed by atoms with Crippen LogP contribution in [-0.2, 0) is 16.6 Å². The van der Waals surface area contributed by atoms with E-state index in [1.807, 2.05) is 35.9 Å². The van der Waals surface area contributed by atoms with Gasteiger partial charge in [-0.15, -0.1) is 0 Å². The summed E-state index contributed by atoms with van der Waals surface area (Å²) in [5.74, 6) is -0.148. The molecule has 3 aliphatic rings. The lowest BCUT2D eigenvalue weighted by atomic mass is 10.0. The van der Waals surface area contributed by atoms with Crippen LogP contribution >= 0.6 is 0 Å². The zero-order valence-electron chi connectivity index (χ0n) is 14.8. The number of hydrogen-bond donors (Lipinski definition) is 0. The van der Waals surface area contributed by atoms with Gasteiger partial charge in [-0.1, -0.05) is 12.1 Å². The quantitative estimate of drug-likeness (QED) is 0.506. The third-order valence-electron chi connectivity index (χ3n) is 5.01. The molecule has 6 heteroatoms. The molecule has 1 aromatic carbocycles. The Balaban J connectivity index is 1.62. The number of fused-ring (bicyclic) bond motifs is 2. The SMILES string of the molecule is Cn1cc(C2=CC(=O)N(c3coc4cccc-4c3)C2=O)c2cc(C#N)ccc21. The summed E-state index contributed by atoms with van der Waals surface area (Å²) in [5, 5.41) is 9.96. The number of nitriles is 1. The zero-order valence-corrected chi connectivity index (χ0v) is 14.8. The van der Waals surface area contributed by atoms with Gasteiger partial charge in [0.1, 0.15) is 12.0 Å². The smallest absolute Gasteiger partial charge is 0.266 e. The van der Waals surface area contributed by atoms with E-state index < -0.39 is 11.8 Å². The molecule has 0 atom stereocenters. The van der Waals surface area contributed by atoms with E-state index in [9.17, 15) is 14.9 Å². The van der Waals surface area contributed by atoms with E-state index in [4.69, 9.17) is 4.42 Å². The Bertz CT molecular complexity index is 1330. The van der Waals surface area contributed by atoms with Crippen molar-refractivity contribution >= 4 is 34.0 Å². The van der Waals surface area contributed by atoms with E-state index >= 15 is 0 Å². The molecule has 0 unspecified atom stereocenters. The van der Waals surface area contributed by atoms with Crippen LogP contribution in [0, 0.1) is 11.3 Å². The minimum absolute atomic E-state index is 0.299. The molecule has 0 spiro atoms. The Morgan fingerprint density at radius 3 is 2.79 bits per heavy atom. The fraction of sp³-hybridized carbons (Fsp3) is 0.0455. The van der Waals surface area contributed by atoms with Gasteiger partial charge in [0, 0.05) is 41.4 Å². The second-order valence-electron chi connectivity index (χ2n) is 6.68. The number of hydrogen-bond acceptors (Lipinski definition) is 4. The predicted octanol–water partition coefficient (Wildman–Crippen LogP) is 3.70. The fourth-order valence-electron chi connectivity index (χ4n) is 3.66. The first-order valence-electron chi connectivity index (χ1n) is 8.64. The van der Waals surface area contributed by atoms with Crippen LogP contribution in [0.4, 0.5) is 5.69 Å². The van der Waals surface area contributed by atoms with Crippen molar-refractivity contribution in [1.82, 2.24) is 4.57 Å². The predicted molar refractivity (Wildman–Crippen MR) is 103 cm³/mol. The van der Waals surface area contributed by atoms with E-state index in [-0.39, 0.29) is 0 Å². The lowest BCUT2D eigenvalue weighted by Crippen LogP contribution is -2.30. The minimum Gasteiger partial charge on any atom is -0.462 e. The summed E-state index contributed by atoms with van der Waals surface area (Å²) in [6.07, 6.45) is 4.55. The standard InChI is InChI=1S/C22H13N3O3/c1-24-11-18(16-7-13(10-23)5-6-19(16)24)17-9-21(26)25(22(17)27)15-8-14-3-2-4-20(14)28-12-15/h2-9,11-12H,1H3. The Labute approximate surface area is 159 Å². The second kappa shape index (κ2) is 5.69. The number of nitrogens with zero attached hydrogens (tertiary/aromatic N) is 3. The Morgan fingerprint density at radius 2 is 1.96 bits per heavy atom. The summed E-state index contributed by atoms with van der Waals surface area (Å²) >= 11 is 0. The highest BCUT2D eigenvalue weighted by Gasteiger charge is 2.35. The summed E-state index contributed by atoms with van der Waals surface area (Å²) in [6.45, 7) is 0. The number of rotatable bonds is 2. The highest BCUT2D eigenvalue weighted by Crippen LogP contribution is 2.35. The molecule has 0 saturated heterocycles. The van der Waals surface area contributed by atoms with Crippen molar-refractivity contribution in [3.63, 3.8) is 0 Å². The topological polar surface area (TPSA) is 79.2 Å². The van der Waals surface area contributed by atoms with E-state index in [0.29, 0.717) is 28.1 Å². The van der Waals surface area contributed by atoms with Crippen molar-refractivity contribution in [2.24, 2.45) is 7.05 Å². The monoisotopic (exact) mass is 367 g/mol. The summed E-state index contributed by atoms with van der Waals surface area (Å²) < 4.78 is 7.40. The van der Waals surface area contributed by atoms with Crippen molar-refractivity contribution < 1.29 is 14.0 Å². The summed E-state index contributed by atoms with van der Waals surface area (Å²) in [4.78, 5) is 26.9. The molecule has 3 heterocycles. The molecule has 134 valence electrons. The fourth-order valence-corrected chi connectivity index (χ4v) is 3.66. The van der Waals surface area contributed by atoms with Crippen molar-refractivity contribution in [3.05, 3.63) is 72.1 Å². The number of carbonyl (C=O) groups excluding carboxylic acids is 2.